The maximum Gasteiger partial charge on any atom is 0.343 e. The van der Waals surface area contributed by atoms with Gasteiger partial charge in [-0.3, -0.25) is 4.79 Å². The Morgan fingerprint density at radius 3 is 2.23 bits per heavy atom. The second kappa shape index (κ2) is 10.2. The fourth-order valence-corrected chi connectivity index (χ4v) is 2.49. The van der Waals surface area contributed by atoms with Crippen LogP contribution >= 0.6 is 11.6 Å². The monoisotopic (exact) mass is 422 g/mol. The van der Waals surface area contributed by atoms with Crippen LogP contribution in [0, 0.1) is 6.92 Å². The van der Waals surface area contributed by atoms with Crippen molar-refractivity contribution in [1.29, 1.82) is 0 Å². The lowest BCUT2D eigenvalue weighted by molar-refractivity contribution is -0.123. The molecule has 7 heteroatoms. The van der Waals surface area contributed by atoms with Crippen LogP contribution in [0.1, 0.15) is 21.5 Å². The van der Waals surface area contributed by atoms with Crippen molar-refractivity contribution in [2.24, 2.45) is 5.10 Å². The average molecular weight is 423 g/mol. The number of rotatable bonds is 7. The number of halogens is 1. The first kappa shape index (κ1) is 21.1. The van der Waals surface area contributed by atoms with Gasteiger partial charge in [0, 0.05) is 5.02 Å². The molecule has 30 heavy (non-hydrogen) atoms. The van der Waals surface area contributed by atoms with Gasteiger partial charge in [-0.2, -0.15) is 5.10 Å². The molecule has 3 rings (SSSR count). The Kier molecular flexibility index (Phi) is 7.19. The molecule has 0 spiro atoms. The SMILES string of the molecule is Cc1ccc(C(=O)Oc2ccc(/C=N\NC(=O)COc3ccc(Cl)cc3)cc2)cc1. The van der Waals surface area contributed by atoms with E-state index in [1.54, 1.807) is 60.7 Å². The average Bonchev–Trinajstić information content (AvgIpc) is 2.75. The van der Waals surface area contributed by atoms with Gasteiger partial charge in [0.05, 0.1) is 11.8 Å². The molecule has 0 aliphatic carbocycles. The van der Waals surface area contributed by atoms with E-state index in [-0.39, 0.29) is 6.61 Å². The molecule has 0 fully saturated rings. The molecule has 0 aromatic heterocycles. The van der Waals surface area contributed by atoms with Crippen molar-refractivity contribution in [3.63, 3.8) is 0 Å². The Morgan fingerprint density at radius 1 is 0.933 bits per heavy atom. The predicted octanol–water partition coefficient (Wildman–Crippen LogP) is 4.40. The molecular weight excluding hydrogens is 404 g/mol. The van der Waals surface area contributed by atoms with Crippen molar-refractivity contribution in [2.75, 3.05) is 6.61 Å². The van der Waals surface area contributed by atoms with Crippen molar-refractivity contribution < 1.29 is 19.1 Å². The highest BCUT2D eigenvalue weighted by atomic mass is 35.5. The number of ether oxygens (including phenoxy) is 2. The number of nitrogens with zero attached hydrogens (tertiary/aromatic N) is 1. The van der Waals surface area contributed by atoms with Gasteiger partial charge in [0.15, 0.2) is 6.61 Å². The second-order valence-electron chi connectivity index (χ2n) is 6.36. The normalized spacial score (nSPS) is 10.6. The van der Waals surface area contributed by atoms with E-state index in [9.17, 15) is 9.59 Å². The summed E-state index contributed by atoms with van der Waals surface area (Å²) >= 11 is 5.79. The largest absolute Gasteiger partial charge is 0.484 e. The molecule has 1 N–H and O–H groups in total. The Labute approximate surface area is 179 Å². The third-order valence-corrected chi connectivity index (χ3v) is 4.22. The summed E-state index contributed by atoms with van der Waals surface area (Å²) in [6, 6.07) is 20.6. The Morgan fingerprint density at radius 2 is 1.57 bits per heavy atom. The summed E-state index contributed by atoms with van der Waals surface area (Å²) < 4.78 is 10.7. The summed E-state index contributed by atoms with van der Waals surface area (Å²) in [6.07, 6.45) is 1.48. The molecule has 152 valence electrons. The van der Waals surface area contributed by atoms with Gasteiger partial charge in [0.25, 0.3) is 5.91 Å². The minimum atomic E-state index is -0.427. The lowest BCUT2D eigenvalue weighted by Crippen LogP contribution is -2.24. The van der Waals surface area contributed by atoms with Crippen LogP contribution in [0.3, 0.4) is 0 Å². The molecule has 0 radical (unpaired) electrons. The van der Waals surface area contributed by atoms with E-state index >= 15 is 0 Å². The van der Waals surface area contributed by atoms with E-state index in [1.165, 1.54) is 6.21 Å². The zero-order chi connectivity index (χ0) is 21.3. The van der Waals surface area contributed by atoms with Crippen LogP contribution in [-0.2, 0) is 4.79 Å². The Balaban J connectivity index is 1.45. The minimum absolute atomic E-state index is 0.174. The highest BCUT2D eigenvalue weighted by molar-refractivity contribution is 6.30. The fourth-order valence-electron chi connectivity index (χ4n) is 2.37. The van der Waals surface area contributed by atoms with Crippen LogP contribution in [0.4, 0.5) is 0 Å². The highest BCUT2D eigenvalue weighted by Crippen LogP contribution is 2.15. The molecule has 0 saturated heterocycles. The van der Waals surface area contributed by atoms with Gasteiger partial charge in [-0.25, -0.2) is 10.2 Å². The third kappa shape index (κ3) is 6.46. The van der Waals surface area contributed by atoms with Crippen LogP contribution in [0.25, 0.3) is 0 Å². The van der Waals surface area contributed by atoms with Crippen molar-refractivity contribution in [3.05, 3.63) is 94.5 Å². The van der Waals surface area contributed by atoms with Crippen LogP contribution in [0.15, 0.2) is 77.9 Å². The van der Waals surface area contributed by atoms with E-state index in [1.807, 2.05) is 19.1 Å². The van der Waals surface area contributed by atoms with Crippen LogP contribution in [0.2, 0.25) is 5.02 Å². The number of benzene rings is 3. The summed E-state index contributed by atoms with van der Waals surface area (Å²) in [7, 11) is 0. The van der Waals surface area contributed by atoms with Gasteiger partial charge in [0.1, 0.15) is 11.5 Å². The number of esters is 1. The number of carbonyl (C=O) groups excluding carboxylic acids is 2. The zero-order valence-corrected chi connectivity index (χ0v) is 16.9. The van der Waals surface area contributed by atoms with E-state index in [2.05, 4.69) is 10.5 Å². The quantitative estimate of drug-likeness (QED) is 0.265. The number of nitrogens with one attached hydrogen (secondary N) is 1. The van der Waals surface area contributed by atoms with Crippen molar-refractivity contribution >= 4 is 29.7 Å². The smallest absolute Gasteiger partial charge is 0.343 e. The lowest BCUT2D eigenvalue weighted by atomic mass is 10.1. The highest BCUT2D eigenvalue weighted by Gasteiger charge is 2.08. The summed E-state index contributed by atoms with van der Waals surface area (Å²) in [4.78, 5) is 23.9. The van der Waals surface area contributed by atoms with Gasteiger partial charge < -0.3 is 9.47 Å². The number of amides is 1. The molecule has 0 unspecified atom stereocenters. The van der Waals surface area contributed by atoms with Gasteiger partial charge in [-0.15, -0.1) is 0 Å². The van der Waals surface area contributed by atoms with Gasteiger partial charge in [0.2, 0.25) is 0 Å². The summed E-state index contributed by atoms with van der Waals surface area (Å²) in [5.41, 5.74) is 4.66. The van der Waals surface area contributed by atoms with Crippen molar-refractivity contribution in [1.82, 2.24) is 5.43 Å². The molecule has 0 atom stereocenters. The van der Waals surface area contributed by atoms with E-state index in [4.69, 9.17) is 21.1 Å². The van der Waals surface area contributed by atoms with Crippen LogP contribution in [-0.4, -0.2) is 24.7 Å². The molecule has 0 saturated carbocycles. The number of hydrogen-bond acceptors (Lipinski definition) is 5. The summed E-state index contributed by atoms with van der Waals surface area (Å²) in [5.74, 6) is 0.127. The first-order chi connectivity index (χ1) is 14.5. The lowest BCUT2D eigenvalue weighted by Gasteiger charge is -2.05. The topological polar surface area (TPSA) is 77.0 Å². The molecule has 0 bridgehead atoms. The molecule has 3 aromatic carbocycles. The number of carbonyl (C=O) groups is 2. The summed E-state index contributed by atoms with van der Waals surface area (Å²) in [5, 5.41) is 4.47. The molecule has 1 amide bonds. The molecule has 0 aliphatic heterocycles. The van der Waals surface area contributed by atoms with Gasteiger partial charge in [-0.1, -0.05) is 29.3 Å². The third-order valence-electron chi connectivity index (χ3n) is 3.96. The summed E-state index contributed by atoms with van der Waals surface area (Å²) in [6.45, 7) is 1.78. The number of hydrogen-bond donors (Lipinski definition) is 1. The molecular formula is C23H19ClN2O4. The Hall–Kier alpha value is -3.64. The molecule has 3 aromatic rings. The van der Waals surface area contributed by atoms with Gasteiger partial charge >= 0.3 is 5.97 Å². The van der Waals surface area contributed by atoms with Crippen molar-refractivity contribution in [2.45, 2.75) is 6.92 Å². The van der Waals surface area contributed by atoms with Gasteiger partial charge in [-0.05, 0) is 73.2 Å². The minimum Gasteiger partial charge on any atom is -0.484 e. The fraction of sp³-hybridized carbons (Fsp3) is 0.0870. The standard InChI is InChI=1S/C23H19ClN2O4/c1-16-2-6-18(7-3-16)23(28)30-21-10-4-17(5-11-21)14-25-26-22(27)15-29-20-12-8-19(24)9-13-20/h2-14H,15H2,1H3,(H,26,27)/b25-14-. The second-order valence-corrected chi connectivity index (χ2v) is 6.80. The maximum atomic E-state index is 12.1. The molecule has 0 aliphatic rings. The van der Waals surface area contributed by atoms with Crippen LogP contribution < -0.4 is 14.9 Å². The number of aryl methyl sites for hydroxylation is 1. The first-order valence-corrected chi connectivity index (χ1v) is 9.46. The van der Waals surface area contributed by atoms with Crippen LogP contribution in [0.5, 0.6) is 11.5 Å². The van der Waals surface area contributed by atoms with E-state index < -0.39 is 11.9 Å². The Bertz CT molecular complexity index is 1030. The zero-order valence-electron chi connectivity index (χ0n) is 16.2. The molecule has 6 nitrogen and oxygen atoms in total. The van der Waals surface area contributed by atoms with E-state index in [0.717, 1.165) is 11.1 Å². The van der Waals surface area contributed by atoms with Crippen molar-refractivity contribution in [3.8, 4) is 11.5 Å². The predicted molar refractivity (Wildman–Crippen MR) is 115 cm³/mol. The molecule has 0 heterocycles. The maximum absolute atomic E-state index is 12.1. The number of hydrazone groups is 1. The first-order valence-electron chi connectivity index (χ1n) is 9.09. The van der Waals surface area contributed by atoms with E-state index in [0.29, 0.717) is 22.1 Å².